The van der Waals surface area contributed by atoms with Crippen LogP contribution in [-0.4, -0.2) is 36.0 Å². The van der Waals surface area contributed by atoms with E-state index in [4.69, 9.17) is 20.8 Å². The summed E-state index contributed by atoms with van der Waals surface area (Å²) in [5.41, 5.74) is 1.66. The number of hydrogen-bond acceptors (Lipinski definition) is 6. The van der Waals surface area contributed by atoms with Crippen molar-refractivity contribution >= 4 is 46.6 Å². The molecule has 2 N–H and O–H groups in total. The zero-order valence-corrected chi connectivity index (χ0v) is 23.1. The number of thioether (sulfide) groups is 1. The quantitative estimate of drug-likeness (QED) is 0.241. The van der Waals surface area contributed by atoms with Gasteiger partial charge in [0, 0.05) is 12.5 Å². The number of carbonyl (C=O) groups is 3. The van der Waals surface area contributed by atoms with Gasteiger partial charge in [0.15, 0.2) is 6.61 Å². The Bertz CT molecular complexity index is 1200. The highest BCUT2D eigenvalue weighted by Crippen LogP contribution is 2.24. The van der Waals surface area contributed by atoms with Crippen molar-refractivity contribution in [2.75, 3.05) is 17.7 Å². The lowest BCUT2D eigenvalue weighted by atomic mass is 10.0. The molecule has 7 nitrogen and oxygen atoms in total. The van der Waals surface area contributed by atoms with Gasteiger partial charge in [-0.05, 0) is 36.5 Å². The summed E-state index contributed by atoms with van der Waals surface area (Å²) in [6.45, 7) is 3.68. The summed E-state index contributed by atoms with van der Waals surface area (Å²) in [4.78, 5) is 37.9. The van der Waals surface area contributed by atoms with E-state index in [-0.39, 0.29) is 24.2 Å². The van der Waals surface area contributed by atoms with Crippen LogP contribution in [0.1, 0.15) is 38.0 Å². The minimum atomic E-state index is -0.757. The number of halogens is 1. The third-order valence-electron chi connectivity index (χ3n) is 5.59. The topological polar surface area (TPSA) is 97.6 Å². The average molecular weight is 557 g/mol. The number of para-hydroxylation sites is 1. The average Bonchev–Trinajstić information content (AvgIpc) is 3.33. The lowest BCUT2D eigenvalue weighted by Crippen LogP contribution is -2.46. The van der Waals surface area contributed by atoms with E-state index in [1.165, 1.54) is 18.0 Å². The molecule has 0 bridgehead atoms. The van der Waals surface area contributed by atoms with Crippen molar-refractivity contribution in [3.05, 3.63) is 83.3 Å². The van der Waals surface area contributed by atoms with Crippen LogP contribution in [0.15, 0.2) is 71.3 Å². The van der Waals surface area contributed by atoms with Crippen molar-refractivity contribution < 1.29 is 23.5 Å². The monoisotopic (exact) mass is 556 g/mol. The molecule has 2 aromatic carbocycles. The van der Waals surface area contributed by atoms with Crippen molar-refractivity contribution in [2.45, 2.75) is 44.9 Å². The number of nitrogens with one attached hydrogen (secondary N) is 2. The SMILES string of the molecule is CC(C)C[C@H](NC(=O)COc1ccccc1Cl)C(=O)Nc1ccoc1CSCC(=O)CCc1ccccc1. The lowest BCUT2D eigenvalue weighted by molar-refractivity contribution is -0.128. The summed E-state index contributed by atoms with van der Waals surface area (Å²) in [6.07, 6.45) is 3.14. The minimum absolute atomic E-state index is 0.162. The first-order chi connectivity index (χ1) is 18.3. The zero-order valence-electron chi connectivity index (χ0n) is 21.6. The summed E-state index contributed by atoms with van der Waals surface area (Å²) >= 11 is 7.51. The largest absolute Gasteiger partial charge is 0.482 e. The van der Waals surface area contributed by atoms with Crippen molar-refractivity contribution in [3.63, 3.8) is 0 Å². The van der Waals surface area contributed by atoms with E-state index in [0.29, 0.717) is 53.0 Å². The Kier molecular flexibility index (Phi) is 11.8. The van der Waals surface area contributed by atoms with Crippen LogP contribution in [0.25, 0.3) is 0 Å². The maximum atomic E-state index is 13.1. The summed E-state index contributed by atoms with van der Waals surface area (Å²) in [5, 5.41) is 6.02. The molecule has 202 valence electrons. The lowest BCUT2D eigenvalue weighted by Gasteiger charge is -2.20. The normalized spacial score (nSPS) is 11.7. The minimum Gasteiger partial charge on any atom is -0.482 e. The smallest absolute Gasteiger partial charge is 0.258 e. The number of aryl methyl sites for hydroxylation is 1. The molecule has 1 heterocycles. The van der Waals surface area contributed by atoms with E-state index >= 15 is 0 Å². The maximum absolute atomic E-state index is 13.1. The molecule has 1 atom stereocenters. The molecular weight excluding hydrogens is 524 g/mol. The molecule has 2 amide bonds. The van der Waals surface area contributed by atoms with Gasteiger partial charge < -0.3 is 19.8 Å². The molecule has 0 saturated carbocycles. The molecule has 0 aliphatic heterocycles. The molecule has 0 spiro atoms. The van der Waals surface area contributed by atoms with Gasteiger partial charge in [0.05, 0.1) is 28.5 Å². The number of hydrogen-bond donors (Lipinski definition) is 2. The molecule has 0 radical (unpaired) electrons. The number of ketones is 1. The number of Topliss-reactive ketones (excluding diaryl/α,β-unsaturated/α-hetero) is 1. The summed E-state index contributed by atoms with van der Waals surface area (Å²) < 4.78 is 11.0. The highest BCUT2D eigenvalue weighted by Gasteiger charge is 2.24. The van der Waals surface area contributed by atoms with E-state index < -0.39 is 11.9 Å². The predicted molar refractivity (Wildman–Crippen MR) is 152 cm³/mol. The molecule has 0 aliphatic carbocycles. The Balaban J connectivity index is 1.48. The Morgan fingerprint density at radius 1 is 1.03 bits per heavy atom. The van der Waals surface area contributed by atoms with Crippen LogP contribution in [0.5, 0.6) is 5.75 Å². The fraction of sp³-hybridized carbons (Fsp3) is 0.345. The van der Waals surface area contributed by atoms with Crippen molar-refractivity contribution in [3.8, 4) is 5.75 Å². The van der Waals surface area contributed by atoms with Gasteiger partial charge in [-0.15, -0.1) is 11.8 Å². The first-order valence-corrected chi connectivity index (χ1v) is 14.0. The molecule has 38 heavy (non-hydrogen) atoms. The van der Waals surface area contributed by atoms with E-state index in [2.05, 4.69) is 10.6 Å². The van der Waals surface area contributed by atoms with Crippen LogP contribution < -0.4 is 15.4 Å². The van der Waals surface area contributed by atoms with Crippen LogP contribution in [0.4, 0.5) is 5.69 Å². The Morgan fingerprint density at radius 2 is 1.76 bits per heavy atom. The second-order valence-corrected chi connectivity index (χ2v) is 10.6. The Hall–Kier alpha value is -3.23. The standard InChI is InChI=1S/C29H33ClN2O5S/c1-20(2)16-25(31-28(34)17-37-26-11-7-6-10-23(26)30)29(35)32-24-14-15-36-27(24)19-38-18-22(33)13-12-21-8-4-3-5-9-21/h3-11,14-15,20,25H,12-13,16-19H2,1-2H3,(H,31,34)(H,32,35)/t25-/m0/s1. The van der Waals surface area contributed by atoms with Crippen molar-refractivity contribution in [1.82, 2.24) is 5.32 Å². The van der Waals surface area contributed by atoms with Gasteiger partial charge in [0.25, 0.3) is 5.91 Å². The number of furan rings is 1. The molecule has 1 aromatic heterocycles. The third kappa shape index (κ3) is 9.91. The number of benzene rings is 2. The molecule has 9 heteroatoms. The summed E-state index contributed by atoms with van der Waals surface area (Å²) in [6, 6.07) is 17.7. The van der Waals surface area contributed by atoms with Gasteiger partial charge in [-0.1, -0.05) is 67.9 Å². The van der Waals surface area contributed by atoms with Gasteiger partial charge in [0.1, 0.15) is 23.3 Å². The summed E-state index contributed by atoms with van der Waals surface area (Å²) in [7, 11) is 0. The number of amides is 2. The number of carbonyl (C=O) groups excluding carboxylic acids is 3. The van der Waals surface area contributed by atoms with Crippen LogP contribution in [0, 0.1) is 5.92 Å². The second-order valence-electron chi connectivity index (χ2n) is 9.23. The Labute approximate surface area is 232 Å². The molecule has 3 aromatic rings. The third-order valence-corrected chi connectivity index (χ3v) is 6.89. The van der Waals surface area contributed by atoms with Gasteiger partial charge >= 0.3 is 0 Å². The fourth-order valence-corrected chi connectivity index (χ4v) is 4.76. The molecule has 0 unspecified atom stereocenters. The van der Waals surface area contributed by atoms with Crippen LogP contribution in [0.2, 0.25) is 5.02 Å². The first kappa shape index (κ1) is 29.3. The van der Waals surface area contributed by atoms with Crippen LogP contribution in [-0.2, 0) is 26.6 Å². The van der Waals surface area contributed by atoms with E-state index in [1.807, 2.05) is 44.2 Å². The van der Waals surface area contributed by atoms with Crippen LogP contribution in [0.3, 0.4) is 0 Å². The van der Waals surface area contributed by atoms with Gasteiger partial charge in [-0.3, -0.25) is 14.4 Å². The van der Waals surface area contributed by atoms with E-state index in [1.54, 1.807) is 30.3 Å². The second kappa shape index (κ2) is 15.2. The molecule has 0 fully saturated rings. The van der Waals surface area contributed by atoms with Gasteiger partial charge in [0.2, 0.25) is 5.91 Å². The zero-order chi connectivity index (χ0) is 27.3. The molecule has 3 rings (SSSR count). The Morgan fingerprint density at radius 3 is 2.50 bits per heavy atom. The first-order valence-electron chi connectivity index (χ1n) is 12.5. The highest BCUT2D eigenvalue weighted by molar-refractivity contribution is 7.99. The van der Waals surface area contributed by atoms with Gasteiger partial charge in [-0.2, -0.15) is 0 Å². The molecular formula is C29H33ClN2O5S. The van der Waals surface area contributed by atoms with Crippen molar-refractivity contribution in [1.29, 1.82) is 0 Å². The summed E-state index contributed by atoms with van der Waals surface area (Å²) in [5.74, 6) is 1.31. The maximum Gasteiger partial charge on any atom is 0.258 e. The fourth-order valence-electron chi connectivity index (χ4n) is 3.69. The van der Waals surface area contributed by atoms with E-state index in [9.17, 15) is 14.4 Å². The molecule has 0 saturated heterocycles. The van der Waals surface area contributed by atoms with Crippen LogP contribution >= 0.6 is 23.4 Å². The number of ether oxygens (including phenoxy) is 1. The number of anilines is 1. The van der Waals surface area contributed by atoms with E-state index in [0.717, 1.165) is 5.56 Å². The van der Waals surface area contributed by atoms with Crippen molar-refractivity contribution in [2.24, 2.45) is 5.92 Å². The predicted octanol–water partition coefficient (Wildman–Crippen LogP) is 5.92. The van der Waals surface area contributed by atoms with Gasteiger partial charge in [-0.25, -0.2) is 0 Å². The molecule has 0 aliphatic rings. The highest BCUT2D eigenvalue weighted by atomic mass is 35.5. The number of rotatable bonds is 15.